The van der Waals surface area contributed by atoms with Gasteiger partial charge in [-0.2, -0.15) is 0 Å². The lowest BCUT2D eigenvalue weighted by Gasteiger charge is -2.22. The standard InChI is InChI=1S/C16H21NO2S/c1-11(2)9-10-14(20)17-12(3)15(19-16(17)18)13-7-5-4-6-8-13/h4-8,11-12,15H,9-10H2,1-3H3/t12-,15-/m1/s1. The van der Waals surface area contributed by atoms with Gasteiger partial charge in [-0.15, -0.1) is 0 Å². The van der Waals surface area contributed by atoms with Gasteiger partial charge in [0.1, 0.15) is 6.10 Å². The van der Waals surface area contributed by atoms with E-state index in [-0.39, 0.29) is 18.2 Å². The maximum atomic E-state index is 12.1. The number of hydrogen-bond donors (Lipinski definition) is 0. The molecule has 0 aliphatic carbocycles. The maximum absolute atomic E-state index is 12.1. The number of ether oxygens (including phenoxy) is 1. The van der Waals surface area contributed by atoms with Crippen LogP contribution < -0.4 is 0 Å². The van der Waals surface area contributed by atoms with Gasteiger partial charge in [0.2, 0.25) is 0 Å². The zero-order valence-electron chi connectivity index (χ0n) is 12.2. The number of rotatable bonds is 4. The molecular weight excluding hydrogens is 270 g/mol. The molecule has 20 heavy (non-hydrogen) atoms. The molecule has 0 spiro atoms. The van der Waals surface area contributed by atoms with E-state index in [4.69, 9.17) is 17.0 Å². The molecule has 1 aromatic carbocycles. The summed E-state index contributed by atoms with van der Waals surface area (Å²) >= 11 is 5.41. The van der Waals surface area contributed by atoms with Crippen LogP contribution in [0.1, 0.15) is 45.3 Å². The topological polar surface area (TPSA) is 29.5 Å². The smallest absolute Gasteiger partial charge is 0.415 e. The lowest BCUT2D eigenvalue weighted by molar-refractivity contribution is 0.132. The highest BCUT2D eigenvalue weighted by atomic mass is 32.1. The number of cyclic esters (lactones) is 1. The van der Waals surface area contributed by atoms with E-state index in [0.29, 0.717) is 10.9 Å². The van der Waals surface area contributed by atoms with E-state index in [0.717, 1.165) is 18.4 Å². The monoisotopic (exact) mass is 291 g/mol. The fraction of sp³-hybridized carbons (Fsp3) is 0.500. The van der Waals surface area contributed by atoms with E-state index in [1.807, 2.05) is 37.3 Å². The third-order valence-electron chi connectivity index (χ3n) is 3.60. The second kappa shape index (κ2) is 6.35. The summed E-state index contributed by atoms with van der Waals surface area (Å²) in [4.78, 5) is 14.4. The lowest BCUT2D eigenvalue weighted by Crippen LogP contribution is -2.36. The predicted molar refractivity (Wildman–Crippen MR) is 83.6 cm³/mol. The fourth-order valence-electron chi connectivity index (χ4n) is 2.42. The minimum atomic E-state index is -0.319. The molecule has 3 nitrogen and oxygen atoms in total. The Balaban J connectivity index is 2.09. The molecular formula is C16H21NO2S. The molecule has 1 aliphatic heterocycles. The van der Waals surface area contributed by atoms with Gasteiger partial charge in [0.15, 0.2) is 0 Å². The van der Waals surface area contributed by atoms with Crippen molar-refractivity contribution >= 4 is 23.3 Å². The summed E-state index contributed by atoms with van der Waals surface area (Å²) in [5.74, 6) is 0.576. The average Bonchev–Trinajstić information content (AvgIpc) is 2.72. The summed E-state index contributed by atoms with van der Waals surface area (Å²) < 4.78 is 5.50. The van der Waals surface area contributed by atoms with E-state index >= 15 is 0 Å². The molecule has 0 radical (unpaired) electrons. The number of nitrogens with zero attached hydrogens (tertiary/aromatic N) is 1. The molecule has 0 saturated carbocycles. The maximum Gasteiger partial charge on any atom is 0.415 e. The molecule has 108 valence electrons. The Morgan fingerprint density at radius 2 is 2.00 bits per heavy atom. The SMILES string of the molecule is CC(C)CCC(=S)N1C(=O)O[C@@H](c2ccccc2)[C@H]1C. The third kappa shape index (κ3) is 3.18. The highest BCUT2D eigenvalue weighted by Crippen LogP contribution is 2.33. The van der Waals surface area contributed by atoms with Crippen molar-refractivity contribution in [2.24, 2.45) is 5.92 Å². The van der Waals surface area contributed by atoms with Crippen LogP contribution in [0, 0.1) is 5.92 Å². The van der Waals surface area contributed by atoms with Crippen LogP contribution in [-0.4, -0.2) is 22.0 Å². The van der Waals surface area contributed by atoms with Crippen molar-refractivity contribution in [1.29, 1.82) is 0 Å². The summed E-state index contributed by atoms with van der Waals surface area (Å²) in [6, 6.07) is 9.77. The highest BCUT2D eigenvalue weighted by Gasteiger charge is 2.41. The van der Waals surface area contributed by atoms with Crippen molar-refractivity contribution in [3.8, 4) is 0 Å². The molecule has 1 saturated heterocycles. The van der Waals surface area contributed by atoms with Gasteiger partial charge >= 0.3 is 6.09 Å². The van der Waals surface area contributed by atoms with E-state index in [1.165, 1.54) is 0 Å². The van der Waals surface area contributed by atoms with Gasteiger partial charge in [-0.05, 0) is 31.2 Å². The molecule has 4 heteroatoms. The van der Waals surface area contributed by atoms with Crippen LogP contribution in [-0.2, 0) is 4.74 Å². The van der Waals surface area contributed by atoms with Gasteiger partial charge in [-0.1, -0.05) is 56.4 Å². The quantitative estimate of drug-likeness (QED) is 0.773. The normalized spacial score (nSPS) is 22.2. The van der Waals surface area contributed by atoms with Crippen LogP contribution >= 0.6 is 12.2 Å². The third-order valence-corrected chi connectivity index (χ3v) is 4.00. The molecule has 0 unspecified atom stereocenters. The summed E-state index contributed by atoms with van der Waals surface area (Å²) in [6.45, 7) is 6.30. The van der Waals surface area contributed by atoms with Crippen molar-refractivity contribution in [2.75, 3.05) is 0 Å². The molecule has 0 aromatic heterocycles. The molecule has 1 fully saturated rings. The first kappa shape index (κ1) is 15.0. The van der Waals surface area contributed by atoms with Crippen LogP contribution in [0.15, 0.2) is 30.3 Å². The Labute approximate surface area is 125 Å². The van der Waals surface area contributed by atoms with Gasteiger partial charge in [0.05, 0.1) is 11.0 Å². The molecule has 1 aliphatic rings. The molecule has 2 rings (SSSR count). The Kier molecular flexibility index (Phi) is 4.76. The first-order valence-electron chi connectivity index (χ1n) is 7.08. The van der Waals surface area contributed by atoms with Gasteiger partial charge in [0.25, 0.3) is 0 Å². The zero-order chi connectivity index (χ0) is 14.7. The summed E-state index contributed by atoms with van der Waals surface area (Å²) in [5.41, 5.74) is 1.02. The van der Waals surface area contributed by atoms with E-state index in [9.17, 15) is 4.79 Å². The molecule has 1 aromatic rings. The van der Waals surface area contributed by atoms with Crippen LogP contribution in [0.3, 0.4) is 0 Å². The van der Waals surface area contributed by atoms with Gasteiger partial charge < -0.3 is 4.74 Å². The number of carbonyl (C=O) groups is 1. The Morgan fingerprint density at radius 1 is 1.35 bits per heavy atom. The largest absolute Gasteiger partial charge is 0.439 e. The second-order valence-electron chi connectivity index (χ2n) is 5.65. The zero-order valence-corrected chi connectivity index (χ0v) is 13.0. The number of carbonyl (C=O) groups excluding carboxylic acids is 1. The van der Waals surface area contributed by atoms with E-state index in [1.54, 1.807) is 4.90 Å². The predicted octanol–water partition coefficient (Wildman–Crippen LogP) is 4.33. The average molecular weight is 291 g/mol. The minimum Gasteiger partial charge on any atom is -0.439 e. The summed E-state index contributed by atoms with van der Waals surface area (Å²) in [5, 5.41) is 0. The van der Waals surface area contributed by atoms with Crippen LogP contribution in [0.5, 0.6) is 0 Å². The Morgan fingerprint density at radius 3 is 2.60 bits per heavy atom. The van der Waals surface area contributed by atoms with Crippen molar-refractivity contribution in [2.45, 2.75) is 45.8 Å². The first-order valence-corrected chi connectivity index (χ1v) is 7.49. The molecule has 0 N–H and O–H groups in total. The molecule has 1 heterocycles. The highest BCUT2D eigenvalue weighted by molar-refractivity contribution is 7.80. The van der Waals surface area contributed by atoms with Crippen LogP contribution in [0.4, 0.5) is 4.79 Å². The first-order chi connectivity index (χ1) is 9.50. The molecule has 1 amide bonds. The van der Waals surface area contributed by atoms with Gasteiger partial charge in [0, 0.05) is 0 Å². The number of amides is 1. The van der Waals surface area contributed by atoms with E-state index in [2.05, 4.69) is 13.8 Å². The minimum absolute atomic E-state index is 0.0513. The second-order valence-corrected chi connectivity index (χ2v) is 6.12. The molecule has 0 bridgehead atoms. The number of hydrogen-bond acceptors (Lipinski definition) is 3. The summed E-state index contributed by atoms with van der Waals surface area (Å²) in [6.07, 6.45) is 1.19. The number of benzene rings is 1. The van der Waals surface area contributed by atoms with Crippen molar-refractivity contribution in [3.63, 3.8) is 0 Å². The van der Waals surface area contributed by atoms with E-state index < -0.39 is 0 Å². The Hall–Kier alpha value is -1.42. The van der Waals surface area contributed by atoms with Gasteiger partial charge in [-0.3, -0.25) is 4.90 Å². The lowest BCUT2D eigenvalue weighted by atomic mass is 10.0. The van der Waals surface area contributed by atoms with Crippen molar-refractivity contribution in [3.05, 3.63) is 35.9 Å². The van der Waals surface area contributed by atoms with Gasteiger partial charge in [-0.25, -0.2) is 4.79 Å². The molecule has 2 atom stereocenters. The Bertz CT molecular complexity index is 487. The van der Waals surface area contributed by atoms with Crippen LogP contribution in [0.2, 0.25) is 0 Å². The van der Waals surface area contributed by atoms with Crippen LogP contribution in [0.25, 0.3) is 0 Å². The van der Waals surface area contributed by atoms with Crippen molar-refractivity contribution in [1.82, 2.24) is 4.90 Å². The van der Waals surface area contributed by atoms with Crippen molar-refractivity contribution < 1.29 is 9.53 Å². The summed E-state index contributed by atoms with van der Waals surface area (Å²) in [7, 11) is 0. The fourth-order valence-corrected chi connectivity index (χ4v) is 2.78. The number of thiocarbonyl (C=S) groups is 1.